The van der Waals surface area contributed by atoms with Crippen molar-refractivity contribution in [2.24, 2.45) is 11.3 Å². The van der Waals surface area contributed by atoms with Crippen LogP contribution in [0.4, 0.5) is 0 Å². The lowest BCUT2D eigenvalue weighted by atomic mass is 9.43. The second kappa shape index (κ2) is 4.70. The molecule has 4 aliphatic carbocycles. The molecule has 2 unspecified atom stereocenters. The van der Waals surface area contributed by atoms with E-state index in [1.165, 1.54) is 13.8 Å². The van der Waals surface area contributed by atoms with Gasteiger partial charge in [-0.2, -0.15) is 0 Å². The van der Waals surface area contributed by atoms with E-state index in [0.29, 0.717) is 18.8 Å². The summed E-state index contributed by atoms with van der Waals surface area (Å²) < 4.78 is 0. The molecule has 0 aliphatic heterocycles. The van der Waals surface area contributed by atoms with E-state index in [4.69, 9.17) is 0 Å². The molecule has 0 radical (unpaired) electrons. The molecule has 2 amide bonds. The summed E-state index contributed by atoms with van der Waals surface area (Å²) in [6.07, 6.45) is 4.95. The highest BCUT2D eigenvalue weighted by Crippen LogP contribution is 2.64. The maximum Gasteiger partial charge on any atom is 0.303 e. The number of hydrogen-bond acceptors (Lipinski definition) is 3. The molecule has 0 aromatic carbocycles. The Morgan fingerprint density at radius 2 is 1.45 bits per heavy atom. The van der Waals surface area contributed by atoms with Crippen molar-refractivity contribution in [2.75, 3.05) is 0 Å². The largest absolute Gasteiger partial charge is 0.481 e. The first kappa shape index (κ1) is 15.3. The van der Waals surface area contributed by atoms with Gasteiger partial charge in [0.1, 0.15) is 0 Å². The van der Waals surface area contributed by atoms with Gasteiger partial charge in [-0.15, -0.1) is 0 Å². The third kappa shape index (κ3) is 2.59. The standard InChI is InChI=1S/C16H24N2O4/c1-10(19)17-15-4-12-3-14(7-15,6-13(21)22)8-16(5-12,9-15)18-11(2)20/h12H,3-9H2,1-2H3,(H,17,19)(H,18,20)(H,21,22). The zero-order valence-electron chi connectivity index (χ0n) is 13.2. The fourth-order valence-corrected chi connectivity index (χ4v) is 6.18. The van der Waals surface area contributed by atoms with Crippen molar-refractivity contribution >= 4 is 17.8 Å². The number of aliphatic carboxylic acids is 1. The fraction of sp³-hybridized carbons (Fsp3) is 0.812. The molecule has 0 heterocycles. The SMILES string of the molecule is CC(=O)NC12CC3CC(CC(=O)O)(C1)CC(NC(C)=O)(C3)C2. The van der Waals surface area contributed by atoms with Crippen LogP contribution in [-0.2, 0) is 14.4 Å². The van der Waals surface area contributed by atoms with Crippen LogP contribution >= 0.6 is 0 Å². The van der Waals surface area contributed by atoms with Gasteiger partial charge in [0, 0.05) is 24.9 Å². The Kier molecular flexibility index (Phi) is 3.27. The second-order valence-electron chi connectivity index (χ2n) is 8.00. The summed E-state index contributed by atoms with van der Waals surface area (Å²) in [4.78, 5) is 34.7. The molecule has 4 bridgehead atoms. The molecule has 2 atom stereocenters. The van der Waals surface area contributed by atoms with Crippen LogP contribution in [-0.4, -0.2) is 34.0 Å². The highest BCUT2D eigenvalue weighted by atomic mass is 16.4. The maximum absolute atomic E-state index is 11.7. The average Bonchev–Trinajstić information content (AvgIpc) is 2.19. The van der Waals surface area contributed by atoms with E-state index in [2.05, 4.69) is 10.6 Å². The van der Waals surface area contributed by atoms with E-state index in [9.17, 15) is 19.5 Å². The first-order valence-corrected chi connectivity index (χ1v) is 7.95. The van der Waals surface area contributed by atoms with Gasteiger partial charge < -0.3 is 15.7 Å². The first-order chi connectivity index (χ1) is 10.2. The zero-order valence-corrected chi connectivity index (χ0v) is 13.2. The van der Waals surface area contributed by atoms with Crippen molar-refractivity contribution in [2.45, 2.75) is 69.9 Å². The molecule has 122 valence electrons. The molecule has 4 fully saturated rings. The maximum atomic E-state index is 11.7. The van der Waals surface area contributed by atoms with E-state index >= 15 is 0 Å². The average molecular weight is 308 g/mol. The third-order valence-electron chi connectivity index (χ3n) is 5.59. The van der Waals surface area contributed by atoms with E-state index in [1.54, 1.807) is 0 Å². The molecular formula is C16H24N2O4. The van der Waals surface area contributed by atoms with Crippen LogP contribution in [0.3, 0.4) is 0 Å². The number of amides is 2. The number of carbonyl (C=O) groups excluding carboxylic acids is 2. The summed E-state index contributed by atoms with van der Waals surface area (Å²) >= 11 is 0. The highest BCUT2D eigenvalue weighted by molar-refractivity contribution is 5.75. The first-order valence-electron chi connectivity index (χ1n) is 7.95. The van der Waals surface area contributed by atoms with Gasteiger partial charge in [0.15, 0.2) is 0 Å². The summed E-state index contributed by atoms with van der Waals surface area (Å²) in [6.45, 7) is 3.01. The predicted molar refractivity (Wildman–Crippen MR) is 79.0 cm³/mol. The molecule has 6 heteroatoms. The molecule has 0 spiro atoms. The Labute approximate surface area is 130 Å². The minimum absolute atomic E-state index is 0.0783. The van der Waals surface area contributed by atoms with Gasteiger partial charge in [0.2, 0.25) is 11.8 Å². The van der Waals surface area contributed by atoms with Crippen molar-refractivity contribution in [3.63, 3.8) is 0 Å². The molecule has 4 rings (SSSR count). The van der Waals surface area contributed by atoms with Crippen LogP contribution in [0.1, 0.15) is 58.8 Å². The molecule has 3 N–H and O–H groups in total. The monoisotopic (exact) mass is 308 g/mol. The molecular weight excluding hydrogens is 284 g/mol. The summed E-state index contributed by atoms with van der Waals surface area (Å²) in [6, 6.07) is 0. The Hall–Kier alpha value is -1.59. The summed E-state index contributed by atoms with van der Waals surface area (Å²) in [5, 5.41) is 15.5. The Morgan fingerprint density at radius 1 is 0.955 bits per heavy atom. The number of hydrogen-bond donors (Lipinski definition) is 3. The summed E-state index contributed by atoms with van der Waals surface area (Å²) in [7, 11) is 0. The van der Waals surface area contributed by atoms with E-state index < -0.39 is 5.97 Å². The Balaban J connectivity index is 1.97. The van der Waals surface area contributed by atoms with Crippen LogP contribution in [0.25, 0.3) is 0 Å². The molecule has 4 saturated carbocycles. The lowest BCUT2D eigenvalue weighted by molar-refractivity contribution is -0.154. The van der Waals surface area contributed by atoms with Crippen LogP contribution < -0.4 is 10.6 Å². The van der Waals surface area contributed by atoms with Gasteiger partial charge in [-0.1, -0.05) is 0 Å². The molecule has 0 aromatic heterocycles. The number of rotatable bonds is 4. The quantitative estimate of drug-likeness (QED) is 0.727. The van der Waals surface area contributed by atoms with Crippen molar-refractivity contribution in [3.8, 4) is 0 Å². The van der Waals surface area contributed by atoms with Crippen molar-refractivity contribution < 1.29 is 19.5 Å². The number of carboxylic acids is 1. The lowest BCUT2D eigenvalue weighted by Gasteiger charge is -2.66. The zero-order chi connectivity index (χ0) is 16.2. The van der Waals surface area contributed by atoms with Crippen molar-refractivity contribution in [1.29, 1.82) is 0 Å². The van der Waals surface area contributed by atoms with E-state index in [0.717, 1.165) is 25.7 Å². The highest BCUT2D eigenvalue weighted by Gasteiger charge is 2.64. The van der Waals surface area contributed by atoms with E-state index in [1.807, 2.05) is 0 Å². The number of nitrogens with one attached hydrogen (secondary N) is 2. The van der Waals surface area contributed by atoms with Crippen LogP contribution in [0, 0.1) is 11.3 Å². The van der Waals surface area contributed by atoms with E-state index in [-0.39, 0.29) is 34.7 Å². The molecule has 0 saturated heterocycles. The molecule has 6 nitrogen and oxygen atoms in total. The summed E-state index contributed by atoms with van der Waals surface area (Å²) in [5.41, 5.74) is -1.03. The topological polar surface area (TPSA) is 95.5 Å². The van der Waals surface area contributed by atoms with Gasteiger partial charge >= 0.3 is 5.97 Å². The number of carboxylic acid groups (broad SMARTS) is 1. The fourth-order valence-electron chi connectivity index (χ4n) is 6.18. The van der Waals surface area contributed by atoms with Crippen LogP contribution in [0.15, 0.2) is 0 Å². The van der Waals surface area contributed by atoms with Gasteiger partial charge in [0.05, 0.1) is 6.42 Å². The Morgan fingerprint density at radius 3 is 1.86 bits per heavy atom. The van der Waals surface area contributed by atoms with Crippen molar-refractivity contribution in [3.05, 3.63) is 0 Å². The minimum atomic E-state index is -0.794. The van der Waals surface area contributed by atoms with Gasteiger partial charge in [0.25, 0.3) is 0 Å². The second-order valence-corrected chi connectivity index (χ2v) is 8.00. The lowest BCUT2D eigenvalue weighted by Crippen LogP contribution is -2.72. The minimum Gasteiger partial charge on any atom is -0.481 e. The molecule has 0 aromatic rings. The van der Waals surface area contributed by atoms with Crippen LogP contribution in [0.5, 0.6) is 0 Å². The third-order valence-corrected chi connectivity index (χ3v) is 5.59. The Bertz CT molecular complexity index is 460. The smallest absolute Gasteiger partial charge is 0.303 e. The normalized spacial score (nSPS) is 42.0. The van der Waals surface area contributed by atoms with Crippen molar-refractivity contribution in [1.82, 2.24) is 10.6 Å². The van der Waals surface area contributed by atoms with Gasteiger partial charge in [-0.3, -0.25) is 14.4 Å². The van der Waals surface area contributed by atoms with Gasteiger partial charge in [-0.25, -0.2) is 0 Å². The number of carbonyl (C=O) groups is 3. The molecule has 4 aliphatic rings. The van der Waals surface area contributed by atoms with Crippen LogP contribution in [0.2, 0.25) is 0 Å². The van der Waals surface area contributed by atoms with Gasteiger partial charge in [-0.05, 0) is 49.9 Å². The predicted octanol–water partition coefficient (Wildman–Crippen LogP) is 1.19. The molecule has 22 heavy (non-hydrogen) atoms. The summed E-state index contributed by atoms with van der Waals surface area (Å²) in [5.74, 6) is -0.581.